The van der Waals surface area contributed by atoms with E-state index in [1.807, 2.05) is 0 Å². The minimum Gasteiger partial charge on any atom is -0.383 e. The summed E-state index contributed by atoms with van der Waals surface area (Å²) < 4.78 is 1.55. The average Bonchev–Trinajstić information content (AvgIpc) is 2.67. The summed E-state index contributed by atoms with van der Waals surface area (Å²) in [4.78, 5) is 12.5. The second-order valence-electron chi connectivity index (χ2n) is 7.22. The lowest BCUT2D eigenvalue weighted by atomic mass is 9.53. The van der Waals surface area contributed by atoms with Gasteiger partial charge in [0.25, 0.3) is 5.91 Å². The number of hydrogen-bond acceptors (Lipinski definition) is 3. The lowest BCUT2D eigenvalue weighted by Crippen LogP contribution is -2.59. The van der Waals surface area contributed by atoms with Gasteiger partial charge in [-0.2, -0.15) is 5.10 Å². The van der Waals surface area contributed by atoms with Crippen LogP contribution < -0.4 is 11.1 Å². The van der Waals surface area contributed by atoms with Crippen LogP contribution in [-0.4, -0.2) is 21.2 Å². The molecule has 3 N–H and O–H groups in total. The predicted molar refractivity (Wildman–Crippen MR) is 76.0 cm³/mol. The Morgan fingerprint density at radius 3 is 2.30 bits per heavy atom. The summed E-state index contributed by atoms with van der Waals surface area (Å²) in [6, 6.07) is 0. The van der Waals surface area contributed by atoms with E-state index in [9.17, 15) is 4.79 Å². The Labute approximate surface area is 118 Å². The Morgan fingerprint density at radius 2 is 1.85 bits per heavy atom. The third-order valence-electron chi connectivity index (χ3n) is 5.65. The molecule has 5 nitrogen and oxygen atoms in total. The maximum atomic E-state index is 12.5. The first-order valence-corrected chi connectivity index (χ1v) is 7.65. The maximum Gasteiger partial charge on any atom is 0.257 e. The zero-order valence-electron chi connectivity index (χ0n) is 11.9. The van der Waals surface area contributed by atoms with Gasteiger partial charge in [0, 0.05) is 12.6 Å². The molecule has 1 aromatic heterocycles. The number of nitrogens with one attached hydrogen (secondary N) is 1. The Hall–Kier alpha value is -1.52. The highest BCUT2D eigenvalue weighted by Gasteiger charge is 2.51. The van der Waals surface area contributed by atoms with Gasteiger partial charge in [0.15, 0.2) is 0 Å². The molecule has 20 heavy (non-hydrogen) atoms. The van der Waals surface area contributed by atoms with Crippen LogP contribution in [0.15, 0.2) is 6.20 Å². The van der Waals surface area contributed by atoms with Crippen molar-refractivity contribution < 1.29 is 4.79 Å². The van der Waals surface area contributed by atoms with Crippen LogP contribution in [-0.2, 0) is 7.05 Å². The van der Waals surface area contributed by atoms with Gasteiger partial charge in [0.2, 0.25) is 0 Å². The fourth-order valence-electron chi connectivity index (χ4n) is 5.19. The summed E-state index contributed by atoms with van der Waals surface area (Å²) in [7, 11) is 1.76. The smallest absolute Gasteiger partial charge is 0.257 e. The van der Waals surface area contributed by atoms with Gasteiger partial charge in [-0.05, 0) is 56.3 Å². The van der Waals surface area contributed by atoms with Gasteiger partial charge in [-0.1, -0.05) is 0 Å². The maximum absolute atomic E-state index is 12.5. The van der Waals surface area contributed by atoms with E-state index in [0.717, 1.165) is 37.0 Å². The zero-order valence-corrected chi connectivity index (χ0v) is 11.9. The fourth-order valence-corrected chi connectivity index (χ4v) is 5.19. The quantitative estimate of drug-likeness (QED) is 0.862. The van der Waals surface area contributed by atoms with Crippen molar-refractivity contribution in [1.82, 2.24) is 15.1 Å². The van der Waals surface area contributed by atoms with Gasteiger partial charge < -0.3 is 11.1 Å². The van der Waals surface area contributed by atoms with Crippen molar-refractivity contribution >= 4 is 11.7 Å². The second-order valence-corrected chi connectivity index (χ2v) is 7.22. The third-order valence-corrected chi connectivity index (χ3v) is 5.65. The summed E-state index contributed by atoms with van der Waals surface area (Å²) in [6.07, 6.45) is 9.18. The molecule has 108 valence electrons. The molecule has 1 amide bonds. The Bertz CT molecular complexity index is 527. The molecule has 4 bridgehead atoms. The molecule has 5 heteroatoms. The van der Waals surface area contributed by atoms with Crippen molar-refractivity contribution in [3.8, 4) is 0 Å². The average molecular weight is 274 g/mol. The first-order valence-electron chi connectivity index (χ1n) is 7.65. The molecule has 0 unspecified atom stereocenters. The summed E-state index contributed by atoms with van der Waals surface area (Å²) in [5, 5.41) is 7.39. The summed E-state index contributed by atoms with van der Waals surface area (Å²) in [5.74, 6) is 2.89. The van der Waals surface area contributed by atoms with Gasteiger partial charge in [-0.3, -0.25) is 9.48 Å². The predicted octanol–water partition coefficient (Wildman–Crippen LogP) is 1.70. The molecule has 1 heterocycles. The molecule has 0 saturated heterocycles. The monoisotopic (exact) mass is 274 g/mol. The van der Waals surface area contributed by atoms with E-state index >= 15 is 0 Å². The first kappa shape index (κ1) is 12.2. The van der Waals surface area contributed by atoms with Crippen molar-refractivity contribution in [2.45, 2.75) is 44.1 Å². The van der Waals surface area contributed by atoms with E-state index in [4.69, 9.17) is 5.73 Å². The topological polar surface area (TPSA) is 72.9 Å². The number of carbonyl (C=O) groups is 1. The highest BCUT2D eigenvalue weighted by molar-refractivity contribution is 5.98. The van der Waals surface area contributed by atoms with E-state index in [1.165, 1.54) is 19.3 Å². The Kier molecular flexibility index (Phi) is 2.44. The van der Waals surface area contributed by atoms with Crippen molar-refractivity contribution in [3.63, 3.8) is 0 Å². The van der Waals surface area contributed by atoms with Gasteiger partial charge in [-0.25, -0.2) is 0 Å². The van der Waals surface area contributed by atoms with Crippen LogP contribution in [0, 0.1) is 17.8 Å². The summed E-state index contributed by atoms with van der Waals surface area (Å²) in [6.45, 7) is 0. The van der Waals surface area contributed by atoms with Gasteiger partial charge in [-0.15, -0.1) is 0 Å². The molecule has 0 spiro atoms. The van der Waals surface area contributed by atoms with Crippen molar-refractivity contribution in [1.29, 1.82) is 0 Å². The van der Waals surface area contributed by atoms with E-state index in [2.05, 4.69) is 10.4 Å². The second kappa shape index (κ2) is 3.99. The highest BCUT2D eigenvalue weighted by atomic mass is 16.1. The van der Waals surface area contributed by atoms with Crippen molar-refractivity contribution in [3.05, 3.63) is 11.8 Å². The van der Waals surface area contributed by atoms with Crippen LogP contribution >= 0.6 is 0 Å². The zero-order chi connectivity index (χ0) is 13.9. The van der Waals surface area contributed by atoms with E-state index in [1.54, 1.807) is 17.9 Å². The largest absolute Gasteiger partial charge is 0.383 e. The molecule has 0 atom stereocenters. The van der Waals surface area contributed by atoms with E-state index in [0.29, 0.717) is 11.4 Å². The van der Waals surface area contributed by atoms with Crippen LogP contribution in [0.3, 0.4) is 0 Å². The number of hydrogen-bond donors (Lipinski definition) is 2. The van der Waals surface area contributed by atoms with E-state index < -0.39 is 0 Å². The van der Waals surface area contributed by atoms with Crippen LogP contribution in [0.25, 0.3) is 0 Å². The number of amides is 1. The molecular weight excluding hydrogens is 252 g/mol. The normalized spacial score (nSPS) is 38.1. The van der Waals surface area contributed by atoms with Gasteiger partial charge in [0.1, 0.15) is 11.4 Å². The number of aromatic nitrogens is 2. The first-order chi connectivity index (χ1) is 9.55. The Balaban J connectivity index is 1.57. The van der Waals surface area contributed by atoms with Crippen LogP contribution in [0.5, 0.6) is 0 Å². The van der Waals surface area contributed by atoms with Gasteiger partial charge >= 0.3 is 0 Å². The standard InChI is InChI=1S/C15H22N4O/c1-19-13(16)12(8-17-19)14(20)18-15-5-9-2-10(6-15)4-11(3-9)7-15/h8-11H,2-7,16H2,1H3,(H,18,20). The number of nitrogens with two attached hydrogens (primary N) is 1. The summed E-state index contributed by atoms with van der Waals surface area (Å²) in [5.41, 5.74) is 6.46. The van der Waals surface area contributed by atoms with E-state index in [-0.39, 0.29) is 11.4 Å². The minimum absolute atomic E-state index is 0.0358. The lowest BCUT2D eigenvalue weighted by Gasteiger charge is -2.56. The van der Waals surface area contributed by atoms with Crippen LogP contribution in [0.1, 0.15) is 48.9 Å². The number of nitrogens with zero attached hydrogens (tertiary/aromatic N) is 2. The van der Waals surface area contributed by atoms with Crippen molar-refractivity contribution in [2.24, 2.45) is 24.8 Å². The molecule has 4 aliphatic carbocycles. The van der Waals surface area contributed by atoms with Crippen LogP contribution in [0.4, 0.5) is 5.82 Å². The molecule has 4 fully saturated rings. The van der Waals surface area contributed by atoms with Crippen LogP contribution in [0.2, 0.25) is 0 Å². The molecule has 4 aliphatic rings. The molecule has 1 aromatic rings. The highest BCUT2D eigenvalue weighted by Crippen LogP contribution is 2.55. The van der Waals surface area contributed by atoms with Gasteiger partial charge in [0.05, 0.1) is 6.20 Å². The molecular formula is C15H22N4O. The Morgan fingerprint density at radius 1 is 1.30 bits per heavy atom. The molecule has 0 aliphatic heterocycles. The summed E-state index contributed by atoms with van der Waals surface area (Å²) >= 11 is 0. The third kappa shape index (κ3) is 1.75. The molecule has 5 rings (SSSR count). The fraction of sp³-hybridized carbons (Fsp3) is 0.733. The number of aryl methyl sites for hydroxylation is 1. The number of carbonyl (C=O) groups excluding carboxylic acids is 1. The van der Waals surface area contributed by atoms with Crippen molar-refractivity contribution in [2.75, 3.05) is 5.73 Å². The molecule has 0 aromatic carbocycles. The number of rotatable bonds is 2. The SMILES string of the molecule is Cn1ncc(C(=O)NC23CC4CC(CC(C4)C2)C3)c1N. The molecule has 4 saturated carbocycles. The lowest BCUT2D eigenvalue weighted by molar-refractivity contribution is -0.0166. The molecule has 0 radical (unpaired) electrons. The number of nitrogen functional groups attached to an aromatic ring is 1. The number of anilines is 1. The minimum atomic E-state index is -0.0439.